The highest BCUT2D eigenvalue weighted by Gasteiger charge is 2.28. The number of nitrogens with one attached hydrogen (secondary N) is 1. The molecule has 3 N–H and O–H groups in total. The minimum atomic E-state index is -0.0754. The molecule has 0 aliphatic carbocycles. The number of aromatic nitrogens is 2. The number of ether oxygens (including phenoxy) is 1. The van der Waals surface area contributed by atoms with Gasteiger partial charge in [0.1, 0.15) is 5.69 Å². The average molecular weight is 224 g/mol. The lowest BCUT2D eigenvalue weighted by Crippen LogP contribution is -2.30. The zero-order valence-corrected chi connectivity index (χ0v) is 9.27. The van der Waals surface area contributed by atoms with E-state index in [4.69, 9.17) is 10.5 Å². The molecule has 1 aromatic rings. The van der Waals surface area contributed by atoms with Gasteiger partial charge in [-0.15, -0.1) is 0 Å². The van der Waals surface area contributed by atoms with Crippen LogP contribution in [0, 0.1) is 5.92 Å². The molecule has 1 aliphatic rings. The predicted octanol–water partition coefficient (Wildman–Crippen LogP) is 0.100. The van der Waals surface area contributed by atoms with E-state index in [-0.39, 0.29) is 5.91 Å². The number of H-pyrrole nitrogens is 1. The number of likely N-dealkylation sites (tertiary alicyclic amines) is 1. The predicted molar refractivity (Wildman–Crippen MR) is 58.9 cm³/mol. The van der Waals surface area contributed by atoms with Crippen LogP contribution in [0.4, 0.5) is 5.69 Å². The maximum Gasteiger partial charge on any atom is 0.274 e. The number of carbonyl (C=O) groups is 1. The number of aromatic amines is 1. The molecule has 1 saturated heterocycles. The van der Waals surface area contributed by atoms with Crippen molar-refractivity contribution in [3.05, 3.63) is 11.9 Å². The summed E-state index contributed by atoms with van der Waals surface area (Å²) in [5.74, 6) is 0.353. The molecule has 0 radical (unpaired) electrons. The Kier molecular flexibility index (Phi) is 3.09. The van der Waals surface area contributed by atoms with Gasteiger partial charge in [0.05, 0.1) is 18.5 Å². The lowest BCUT2D eigenvalue weighted by Gasteiger charge is -2.15. The molecule has 2 heterocycles. The lowest BCUT2D eigenvalue weighted by molar-refractivity contribution is 0.0771. The van der Waals surface area contributed by atoms with Crippen molar-refractivity contribution in [1.82, 2.24) is 15.1 Å². The first-order chi connectivity index (χ1) is 7.72. The van der Waals surface area contributed by atoms with Gasteiger partial charge in [0, 0.05) is 26.1 Å². The number of anilines is 1. The molecular weight excluding hydrogens is 208 g/mol. The van der Waals surface area contributed by atoms with E-state index < -0.39 is 0 Å². The molecule has 1 aromatic heterocycles. The van der Waals surface area contributed by atoms with Gasteiger partial charge in [-0.2, -0.15) is 5.10 Å². The van der Waals surface area contributed by atoms with E-state index >= 15 is 0 Å². The van der Waals surface area contributed by atoms with Gasteiger partial charge >= 0.3 is 0 Å². The number of nitrogens with two attached hydrogens (primary N) is 1. The normalized spacial score (nSPS) is 20.3. The number of rotatable bonds is 3. The zero-order valence-electron chi connectivity index (χ0n) is 9.27. The number of amides is 1. The third-order valence-electron chi connectivity index (χ3n) is 2.86. The largest absolute Gasteiger partial charge is 0.396 e. The van der Waals surface area contributed by atoms with E-state index in [9.17, 15) is 4.79 Å². The Balaban J connectivity index is 2.00. The van der Waals surface area contributed by atoms with Gasteiger partial charge in [0.15, 0.2) is 0 Å². The van der Waals surface area contributed by atoms with Gasteiger partial charge in [-0.05, 0) is 6.42 Å². The van der Waals surface area contributed by atoms with Crippen LogP contribution < -0.4 is 5.73 Å². The average Bonchev–Trinajstić information content (AvgIpc) is 2.87. The molecule has 16 heavy (non-hydrogen) atoms. The Morgan fingerprint density at radius 1 is 1.81 bits per heavy atom. The van der Waals surface area contributed by atoms with E-state index in [0.717, 1.165) is 19.5 Å². The third-order valence-corrected chi connectivity index (χ3v) is 2.86. The van der Waals surface area contributed by atoms with Crippen molar-refractivity contribution in [1.29, 1.82) is 0 Å². The molecule has 0 saturated carbocycles. The van der Waals surface area contributed by atoms with Crippen LogP contribution in [-0.2, 0) is 4.74 Å². The van der Waals surface area contributed by atoms with Crippen LogP contribution in [0.3, 0.4) is 0 Å². The zero-order chi connectivity index (χ0) is 11.5. The van der Waals surface area contributed by atoms with Crippen LogP contribution >= 0.6 is 0 Å². The van der Waals surface area contributed by atoms with Crippen molar-refractivity contribution in [2.45, 2.75) is 6.42 Å². The molecule has 2 rings (SSSR count). The van der Waals surface area contributed by atoms with Gasteiger partial charge < -0.3 is 15.4 Å². The van der Waals surface area contributed by atoms with Crippen LogP contribution in [0.25, 0.3) is 0 Å². The fourth-order valence-corrected chi connectivity index (χ4v) is 2.01. The maximum atomic E-state index is 12.0. The van der Waals surface area contributed by atoms with E-state index in [1.54, 1.807) is 12.0 Å². The van der Waals surface area contributed by atoms with E-state index in [2.05, 4.69) is 10.2 Å². The highest BCUT2D eigenvalue weighted by molar-refractivity contribution is 5.97. The molecule has 1 unspecified atom stereocenters. The Morgan fingerprint density at radius 3 is 3.25 bits per heavy atom. The first kappa shape index (κ1) is 10.9. The van der Waals surface area contributed by atoms with Crippen LogP contribution in [0.15, 0.2) is 6.20 Å². The Hall–Kier alpha value is -1.56. The SMILES string of the molecule is COCC1CCN(C(=O)c2[nH]ncc2N)C1. The van der Waals surface area contributed by atoms with Crippen molar-refractivity contribution in [2.24, 2.45) is 5.92 Å². The molecule has 88 valence electrons. The summed E-state index contributed by atoms with van der Waals surface area (Å²) in [6, 6.07) is 0. The molecular formula is C10H16N4O2. The number of nitrogen functional groups attached to an aromatic ring is 1. The van der Waals surface area contributed by atoms with Crippen LogP contribution in [-0.4, -0.2) is 47.8 Å². The first-order valence-electron chi connectivity index (χ1n) is 5.29. The summed E-state index contributed by atoms with van der Waals surface area (Å²) in [4.78, 5) is 13.8. The highest BCUT2D eigenvalue weighted by Crippen LogP contribution is 2.19. The fourth-order valence-electron chi connectivity index (χ4n) is 2.01. The number of methoxy groups -OCH3 is 1. The quantitative estimate of drug-likeness (QED) is 0.762. The van der Waals surface area contributed by atoms with E-state index in [1.807, 2.05) is 0 Å². The molecule has 1 amide bonds. The second-order valence-corrected chi connectivity index (χ2v) is 4.06. The summed E-state index contributed by atoms with van der Waals surface area (Å²) in [6.07, 6.45) is 2.43. The molecule has 6 heteroatoms. The summed E-state index contributed by atoms with van der Waals surface area (Å²) in [7, 11) is 1.68. The van der Waals surface area contributed by atoms with Gasteiger partial charge in [0.2, 0.25) is 0 Å². The molecule has 0 spiro atoms. The molecule has 0 aromatic carbocycles. The van der Waals surface area contributed by atoms with Crippen molar-refractivity contribution in [3.63, 3.8) is 0 Å². The number of nitrogens with zero attached hydrogens (tertiary/aromatic N) is 2. The molecule has 1 atom stereocenters. The second-order valence-electron chi connectivity index (χ2n) is 4.06. The van der Waals surface area contributed by atoms with E-state index in [0.29, 0.717) is 23.9 Å². The van der Waals surface area contributed by atoms with Crippen LogP contribution in [0.1, 0.15) is 16.9 Å². The molecule has 1 aliphatic heterocycles. The van der Waals surface area contributed by atoms with Gasteiger partial charge in [-0.25, -0.2) is 0 Å². The summed E-state index contributed by atoms with van der Waals surface area (Å²) in [6.45, 7) is 2.18. The first-order valence-corrected chi connectivity index (χ1v) is 5.29. The van der Waals surface area contributed by atoms with Crippen molar-refractivity contribution < 1.29 is 9.53 Å². The number of carbonyl (C=O) groups excluding carboxylic acids is 1. The molecule has 1 fully saturated rings. The minimum absolute atomic E-state index is 0.0754. The summed E-state index contributed by atoms with van der Waals surface area (Å²) >= 11 is 0. The smallest absolute Gasteiger partial charge is 0.274 e. The second kappa shape index (κ2) is 4.52. The Labute approximate surface area is 93.8 Å². The molecule has 0 bridgehead atoms. The number of hydrogen-bond donors (Lipinski definition) is 2. The van der Waals surface area contributed by atoms with Crippen molar-refractivity contribution >= 4 is 11.6 Å². The Morgan fingerprint density at radius 2 is 2.62 bits per heavy atom. The van der Waals surface area contributed by atoms with Crippen LogP contribution in [0.5, 0.6) is 0 Å². The molecule has 6 nitrogen and oxygen atoms in total. The fraction of sp³-hybridized carbons (Fsp3) is 0.600. The third kappa shape index (κ3) is 2.01. The van der Waals surface area contributed by atoms with Gasteiger partial charge in [0.25, 0.3) is 5.91 Å². The van der Waals surface area contributed by atoms with Crippen molar-refractivity contribution in [2.75, 3.05) is 32.5 Å². The minimum Gasteiger partial charge on any atom is -0.396 e. The monoisotopic (exact) mass is 224 g/mol. The summed E-state index contributed by atoms with van der Waals surface area (Å²) < 4.78 is 5.09. The topological polar surface area (TPSA) is 84.2 Å². The Bertz CT molecular complexity index is 377. The maximum absolute atomic E-state index is 12.0. The summed E-state index contributed by atoms with van der Waals surface area (Å²) in [5.41, 5.74) is 6.43. The van der Waals surface area contributed by atoms with E-state index in [1.165, 1.54) is 6.20 Å². The van der Waals surface area contributed by atoms with Gasteiger partial charge in [-0.3, -0.25) is 9.89 Å². The number of hydrogen-bond acceptors (Lipinski definition) is 4. The van der Waals surface area contributed by atoms with Gasteiger partial charge in [-0.1, -0.05) is 0 Å². The summed E-state index contributed by atoms with van der Waals surface area (Å²) in [5, 5.41) is 6.38. The standard InChI is InChI=1S/C10H16N4O2/c1-16-6-7-2-3-14(5-7)10(15)9-8(11)4-12-13-9/h4,7H,2-3,5-6,11H2,1H3,(H,12,13). The van der Waals surface area contributed by atoms with Crippen LogP contribution in [0.2, 0.25) is 0 Å². The lowest BCUT2D eigenvalue weighted by atomic mass is 10.1. The highest BCUT2D eigenvalue weighted by atomic mass is 16.5. The van der Waals surface area contributed by atoms with Crippen molar-refractivity contribution in [3.8, 4) is 0 Å².